The summed E-state index contributed by atoms with van der Waals surface area (Å²) in [4.78, 5) is 12.2. The Hall–Kier alpha value is -1.93. The largest absolute Gasteiger partial charge is 0.460 e. The van der Waals surface area contributed by atoms with Crippen LogP contribution in [0.4, 0.5) is 0 Å². The maximum atomic E-state index is 5.44. The van der Waals surface area contributed by atoms with Crippen LogP contribution in [-0.4, -0.2) is 60.2 Å². The third-order valence-corrected chi connectivity index (χ3v) is 2.62. The number of ether oxygens (including phenoxy) is 5. The molecule has 1 aromatic rings. The first-order valence-electron chi connectivity index (χ1n) is 6.71. The Morgan fingerprint density at radius 1 is 1.00 bits per heavy atom. The second-order valence-corrected chi connectivity index (χ2v) is 4.96. The van der Waals surface area contributed by atoms with Crippen molar-refractivity contribution in [1.29, 1.82) is 0 Å². The topological polar surface area (TPSA) is 91.4 Å². The van der Waals surface area contributed by atoms with Gasteiger partial charge in [0.2, 0.25) is 0 Å². The number of hydrogen-bond acceptors (Lipinski definition) is 8. The van der Waals surface area contributed by atoms with Gasteiger partial charge in [-0.05, 0) is 12.5 Å². The molecule has 3 rings (SSSR count). The van der Waals surface area contributed by atoms with E-state index in [9.17, 15) is 0 Å². The van der Waals surface area contributed by atoms with E-state index in [-0.39, 0.29) is 30.2 Å². The lowest BCUT2D eigenvalue weighted by Gasteiger charge is -2.08. The molecule has 1 aromatic heterocycles. The quantitative estimate of drug-likeness (QED) is 0.477. The van der Waals surface area contributed by atoms with E-state index in [1.165, 1.54) is 0 Å². The summed E-state index contributed by atoms with van der Waals surface area (Å²) in [5, 5.41) is 0. The highest BCUT2D eigenvalue weighted by Crippen LogP contribution is 2.18. The molecule has 3 heterocycles. The van der Waals surface area contributed by atoms with E-state index in [2.05, 4.69) is 21.5 Å². The normalized spacial score (nSPS) is 22.5. The Bertz CT molecular complexity index is 482. The fraction of sp³-hybridized carbons (Fsp3) is 0.615. The molecule has 0 saturated carbocycles. The average molecular weight is 295 g/mol. The van der Waals surface area contributed by atoms with Crippen molar-refractivity contribution in [2.75, 3.05) is 33.0 Å². The van der Waals surface area contributed by atoms with Crippen LogP contribution in [0.5, 0.6) is 18.0 Å². The highest BCUT2D eigenvalue weighted by Gasteiger charge is 2.25. The van der Waals surface area contributed by atoms with E-state index < -0.39 is 0 Å². The summed E-state index contributed by atoms with van der Waals surface area (Å²) in [6.45, 7) is 8.13. The number of hydrogen-bond donors (Lipinski definition) is 0. The predicted molar refractivity (Wildman–Crippen MR) is 70.6 cm³/mol. The zero-order valence-corrected chi connectivity index (χ0v) is 11.8. The maximum absolute atomic E-state index is 5.44. The van der Waals surface area contributed by atoms with Gasteiger partial charge in [-0.2, -0.15) is 0 Å². The molecule has 8 heteroatoms. The van der Waals surface area contributed by atoms with Crippen LogP contribution in [0.2, 0.25) is 0 Å². The molecule has 0 spiro atoms. The first-order valence-corrected chi connectivity index (χ1v) is 6.71. The minimum absolute atomic E-state index is 0.116. The molecule has 2 aliphatic heterocycles. The van der Waals surface area contributed by atoms with Crippen LogP contribution in [0.15, 0.2) is 12.2 Å². The third-order valence-electron chi connectivity index (χ3n) is 2.62. The third kappa shape index (κ3) is 4.83. The molecule has 2 aliphatic rings. The lowest BCUT2D eigenvalue weighted by atomic mass is 10.4. The average Bonchev–Trinajstić information content (AvgIpc) is 3.35. The van der Waals surface area contributed by atoms with Crippen molar-refractivity contribution in [3.05, 3.63) is 12.2 Å². The molecule has 0 aliphatic carbocycles. The van der Waals surface area contributed by atoms with Gasteiger partial charge in [0.05, 0.1) is 13.2 Å². The van der Waals surface area contributed by atoms with Gasteiger partial charge in [0.25, 0.3) is 0 Å². The SMILES string of the molecule is C=C(C)COc1nc(OCC2CO2)nc(OCC2CO2)n1. The van der Waals surface area contributed by atoms with Crippen LogP contribution in [-0.2, 0) is 9.47 Å². The van der Waals surface area contributed by atoms with E-state index in [0.29, 0.717) is 33.0 Å². The van der Waals surface area contributed by atoms with Crippen molar-refractivity contribution in [1.82, 2.24) is 15.0 Å². The fourth-order valence-corrected chi connectivity index (χ4v) is 1.37. The van der Waals surface area contributed by atoms with Crippen molar-refractivity contribution in [3.63, 3.8) is 0 Å². The van der Waals surface area contributed by atoms with Crippen molar-refractivity contribution in [2.45, 2.75) is 19.1 Å². The Balaban J connectivity index is 1.64. The minimum Gasteiger partial charge on any atom is -0.460 e. The van der Waals surface area contributed by atoms with Crippen LogP contribution in [0.3, 0.4) is 0 Å². The summed E-state index contributed by atoms with van der Waals surface area (Å²) in [6.07, 6.45) is 0.233. The highest BCUT2D eigenvalue weighted by molar-refractivity contribution is 5.10. The molecule has 8 nitrogen and oxygen atoms in total. The first kappa shape index (κ1) is 14.0. The number of aromatic nitrogens is 3. The van der Waals surface area contributed by atoms with Crippen molar-refractivity contribution >= 4 is 0 Å². The van der Waals surface area contributed by atoms with Crippen LogP contribution < -0.4 is 14.2 Å². The molecule has 21 heavy (non-hydrogen) atoms. The molecule has 2 fully saturated rings. The first-order chi connectivity index (χ1) is 10.2. The van der Waals surface area contributed by atoms with Crippen LogP contribution >= 0.6 is 0 Å². The summed E-state index contributed by atoms with van der Waals surface area (Å²) in [6, 6.07) is 0.458. The summed E-state index contributed by atoms with van der Waals surface area (Å²) in [5.41, 5.74) is 0.859. The molecule has 0 bridgehead atoms. The van der Waals surface area contributed by atoms with Crippen LogP contribution in [0.25, 0.3) is 0 Å². The lowest BCUT2D eigenvalue weighted by Crippen LogP contribution is -2.12. The number of epoxide rings is 2. The van der Waals surface area contributed by atoms with Crippen molar-refractivity contribution < 1.29 is 23.7 Å². The minimum atomic E-state index is 0.116. The van der Waals surface area contributed by atoms with Gasteiger partial charge < -0.3 is 23.7 Å². The fourth-order valence-electron chi connectivity index (χ4n) is 1.37. The monoisotopic (exact) mass is 295 g/mol. The molecule has 114 valence electrons. The van der Waals surface area contributed by atoms with Gasteiger partial charge >= 0.3 is 18.0 Å². The Morgan fingerprint density at radius 2 is 1.43 bits per heavy atom. The lowest BCUT2D eigenvalue weighted by molar-refractivity contribution is 0.214. The maximum Gasteiger partial charge on any atom is 0.326 e. The second-order valence-electron chi connectivity index (χ2n) is 4.96. The highest BCUT2D eigenvalue weighted by atomic mass is 16.6. The molecule has 2 saturated heterocycles. The molecule has 0 radical (unpaired) electrons. The van der Waals surface area contributed by atoms with Crippen molar-refractivity contribution in [3.8, 4) is 18.0 Å². The van der Waals surface area contributed by atoms with E-state index >= 15 is 0 Å². The van der Waals surface area contributed by atoms with Gasteiger partial charge in [0.15, 0.2) is 0 Å². The second kappa shape index (κ2) is 6.23. The van der Waals surface area contributed by atoms with Gasteiger partial charge in [-0.25, -0.2) is 0 Å². The Kier molecular flexibility index (Phi) is 4.16. The summed E-state index contributed by atoms with van der Waals surface area (Å²) >= 11 is 0. The van der Waals surface area contributed by atoms with E-state index in [1.807, 2.05) is 6.92 Å². The summed E-state index contributed by atoms with van der Waals surface area (Å²) < 4.78 is 26.4. The molecular formula is C13H17N3O5. The molecule has 2 atom stereocenters. The molecule has 2 unspecified atom stereocenters. The Morgan fingerprint density at radius 3 is 1.81 bits per heavy atom. The predicted octanol–water partition coefficient (Wildman–Crippen LogP) is 0.382. The van der Waals surface area contributed by atoms with E-state index in [0.717, 1.165) is 5.57 Å². The van der Waals surface area contributed by atoms with Gasteiger partial charge in [-0.3, -0.25) is 0 Å². The van der Waals surface area contributed by atoms with Crippen LogP contribution in [0.1, 0.15) is 6.92 Å². The molecule has 0 N–H and O–H groups in total. The summed E-state index contributed by atoms with van der Waals surface area (Å²) in [5.74, 6) is 0. The van der Waals surface area contributed by atoms with Gasteiger partial charge in [-0.15, -0.1) is 15.0 Å². The standard InChI is InChI=1S/C13H17N3O5/c1-8(2)3-19-11-14-12(20-6-9-4-17-9)16-13(15-11)21-7-10-5-18-10/h9-10H,1,3-7H2,2H3. The number of nitrogens with zero attached hydrogens (tertiary/aromatic N) is 3. The molecular weight excluding hydrogens is 278 g/mol. The number of rotatable bonds is 9. The van der Waals surface area contributed by atoms with Gasteiger partial charge in [0, 0.05) is 0 Å². The van der Waals surface area contributed by atoms with Crippen molar-refractivity contribution in [2.24, 2.45) is 0 Å². The van der Waals surface area contributed by atoms with Crippen LogP contribution in [0, 0.1) is 0 Å². The van der Waals surface area contributed by atoms with Gasteiger partial charge in [0.1, 0.15) is 32.0 Å². The Labute approximate surface area is 122 Å². The molecule has 0 aromatic carbocycles. The molecule has 0 amide bonds. The van der Waals surface area contributed by atoms with E-state index in [1.54, 1.807) is 0 Å². The summed E-state index contributed by atoms with van der Waals surface area (Å²) in [7, 11) is 0. The zero-order chi connectivity index (χ0) is 14.7. The zero-order valence-electron chi connectivity index (χ0n) is 11.8. The van der Waals surface area contributed by atoms with E-state index in [4.69, 9.17) is 23.7 Å². The van der Waals surface area contributed by atoms with Gasteiger partial charge in [-0.1, -0.05) is 6.58 Å². The smallest absolute Gasteiger partial charge is 0.326 e.